The Bertz CT molecular complexity index is 520. The first-order valence-corrected chi connectivity index (χ1v) is 6.69. The number of hydrogen-bond acceptors (Lipinski definition) is 4. The number of carbonyl (C=O) groups excluding carboxylic acids is 2. The summed E-state index contributed by atoms with van der Waals surface area (Å²) < 4.78 is 5.18. The summed E-state index contributed by atoms with van der Waals surface area (Å²) >= 11 is 0. The zero-order chi connectivity index (χ0) is 14.7. The minimum Gasteiger partial charge on any atom is -0.496 e. The molecule has 1 aromatic carbocycles. The van der Waals surface area contributed by atoms with Gasteiger partial charge in [-0.15, -0.1) is 0 Å². The fraction of sp³-hybridized carbons (Fsp3) is 0.467. The van der Waals surface area contributed by atoms with Gasteiger partial charge in [-0.05, 0) is 26.1 Å². The molecule has 0 unspecified atom stereocenters. The minimum absolute atomic E-state index is 0.344. The summed E-state index contributed by atoms with van der Waals surface area (Å²) in [6.45, 7) is 4.66. The summed E-state index contributed by atoms with van der Waals surface area (Å²) in [5.41, 5.74) is 1.27. The average Bonchev–Trinajstić information content (AvgIpc) is 2.46. The molecule has 1 aliphatic rings. The Balaban J connectivity index is 2.18. The molecule has 0 aromatic heterocycles. The van der Waals surface area contributed by atoms with Crippen LogP contribution in [0.2, 0.25) is 0 Å². The van der Waals surface area contributed by atoms with Crippen LogP contribution >= 0.6 is 0 Å². The van der Waals surface area contributed by atoms with Gasteiger partial charge in [0.2, 0.25) is 0 Å². The highest BCUT2D eigenvalue weighted by Gasteiger charge is 2.27. The number of carbonyl (C=O) groups is 2. The lowest BCUT2D eigenvalue weighted by Gasteiger charge is -2.32. The molecule has 1 amide bonds. The molecule has 0 N–H and O–H groups in total. The highest BCUT2D eigenvalue weighted by molar-refractivity contribution is 6.43. The number of piperazine rings is 1. The Morgan fingerprint density at radius 1 is 1.15 bits per heavy atom. The fourth-order valence-electron chi connectivity index (χ4n) is 2.27. The molecule has 0 radical (unpaired) electrons. The molecule has 5 nitrogen and oxygen atoms in total. The second-order valence-electron chi connectivity index (χ2n) is 5.13. The highest BCUT2D eigenvalue weighted by atomic mass is 16.5. The van der Waals surface area contributed by atoms with Crippen molar-refractivity contribution in [2.45, 2.75) is 6.92 Å². The van der Waals surface area contributed by atoms with Crippen molar-refractivity contribution < 1.29 is 14.3 Å². The number of Topliss-reactive ketones (excluding diaryl/α,β-unsaturated/α-hetero) is 1. The first-order chi connectivity index (χ1) is 9.52. The van der Waals surface area contributed by atoms with E-state index in [9.17, 15) is 9.59 Å². The molecule has 0 aliphatic carbocycles. The number of amides is 1. The molecule has 108 valence electrons. The fourth-order valence-corrected chi connectivity index (χ4v) is 2.27. The molecule has 1 fully saturated rings. The average molecular weight is 276 g/mol. The monoisotopic (exact) mass is 276 g/mol. The minimum atomic E-state index is -0.491. The van der Waals surface area contributed by atoms with Gasteiger partial charge in [-0.1, -0.05) is 11.6 Å². The summed E-state index contributed by atoms with van der Waals surface area (Å²) in [5, 5.41) is 0. The van der Waals surface area contributed by atoms with Crippen LogP contribution in [0, 0.1) is 6.92 Å². The maximum Gasteiger partial charge on any atom is 0.295 e. The van der Waals surface area contributed by atoms with Gasteiger partial charge in [-0.25, -0.2) is 0 Å². The van der Waals surface area contributed by atoms with Crippen LogP contribution < -0.4 is 4.74 Å². The molecule has 1 aliphatic heterocycles. The number of nitrogens with zero attached hydrogens (tertiary/aromatic N) is 2. The maximum atomic E-state index is 12.4. The topological polar surface area (TPSA) is 49.9 Å². The Morgan fingerprint density at radius 2 is 1.80 bits per heavy atom. The Hall–Kier alpha value is -1.88. The van der Waals surface area contributed by atoms with Crippen LogP contribution in [-0.2, 0) is 4.79 Å². The lowest BCUT2D eigenvalue weighted by Crippen LogP contribution is -2.49. The standard InChI is InChI=1S/C15H20N2O3/c1-11-4-5-13(20-3)12(10-11)14(18)15(19)17-8-6-16(2)7-9-17/h4-5,10H,6-9H2,1-3H3. The van der Waals surface area contributed by atoms with Gasteiger partial charge in [-0.2, -0.15) is 0 Å². The lowest BCUT2D eigenvalue weighted by molar-refractivity contribution is -0.127. The molecule has 5 heteroatoms. The predicted octanol–water partition coefficient (Wildman–Crippen LogP) is 0.960. The Kier molecular flexibility index (Phi) is 4.39. The van der Waals surface area contributed by atoms with Crippen molar-refractivity contribution in [3.63, 3.8) is 0 Å². The summed E-state index contributed by atoms with van der Waals surface area (Å²) in [7, 11) is 3.51. The van der Waals surface area contributed by atoms with Crippen LogP contribution in [0.5, 0.6) is 5.75 Å². The van der Waals surface area contributed by atoms with Gasteiger partial charge in [0.05, 0.1) is 12.7 Å². The van der Waals surface area contributed by atoms with E-state index in [-0.39, 0.29) is 0 Å². The van der Waals surface area contributed by atoms with E-state index in [1.165, 1.54) is 7.11 Å². The second kappa shape index (κ2) is 6.05. The van der Waals surface area contributed by atoms with Crippen LogP contribution in [0.15, 0.2) is 18.2 Å². The molecule has 20 heavy (non-hydrogen) atoms. The third-order valence-electron chi connectivity index (χ3n) is 3.58. The summed E-state index contributed by atoms with van der Waals surface area (Å²) in [5.74, 6) is -0.486. The zero-order valence-corrected chi connectivity index (χ0v) is 12.2. The number of benzene rings is 1. The van der Waals surface area contributed by atoms with Gasteiger partial charge in [0.25, 0.3) is 11.7 Å². The molecular weight excluding hydrogens is 256 g/mol. The molecule has 0 bridgehead atoms. The molecule has 1 heterocycles. The van der Waals surface area contributed by atoms with Crippen LogP contribution in [0.1, 0.15) is 15.9 Å². The first kappa shape index (κ1) is 14.5. The summed E-state index contributed by atoms with van der Waals surface area (Å²) in [6.07, 6.45) is 0. The van der Waals surface area contributed by atoms with Gasteiger partial charge < -0.3 is 14.5 Å². The third-order valence-corrected chi connectivity index (χ3v) is 3.58. The molecule has 0 saturated carbocycles. The van der Waals surface area contributed by atoms with E-state index in [0.29, 0.717) is 24.4 Å². The number of rotatable bonds is 3. The predicted molar refractivity (Wildman–Crippen MR) is 76.1 cm³/mol. The summed E-state index contributed by atoms with van der Waals surface area (Å²) in [6, 6.07) is 5.28. The first-order valence-electron chi connectivity index (χ1n) is 6.69. The highest BCUT2D eigenvalue weighted by Crippen LogP contribution is 2.21. The number of hydrogen-bond donors (Lipinski definition) is 0. The normalized spacial score (nSPS) is 16.1. The van der Waals surface area contributed by atoms with E-state index in [2.05, 4.69) is 4.90 Å². The number of methoxy groups -OCH3 is 1. The smallest absolute Gasteiger partial charge is 0.295 e. The van der Waals surface area contributed by atoms with Crippen molar-refractivity contribution in [3.8, 4) is 5.75 Å². The Labute approximate surface area is 119 Å². The van der Waals surface area contributed by atoms with Gasteiger partial charge in [0, 0.05) is 26.2 Å². The number of ketones is 1. The van der Waals surface area contributed by atoms with Crippen LogP contribution in [0.3, 0.4) is 0 Å². The van der Waals surface area contributed by atoms with E-state index >= 15 is 0 Å². The second-order valence-corrected chi connectivity index (χ2v) is 5.13. The van der Waals surface area contributed by atoms with Gasteiger partial charge in [0.1, 0.15) is 5.75 Å². The van der Waals surface area contributed by atoms with Crippen molar-refractivity contribution in [2.75, 3.05) is 40.3 Å². The molecule has 1 aromatic rings. The molecule has 2 rings (SSSR count). The summed E-state index contributed by atoms with van der Waals surface area (Å²) in [4.78, 5) is 28.4. The van der Waals surface area contributed by atoms with Crippen molar-refractivity contribution in [1.82, 2.24) is 9.80 Å². The molecule has 0 spiro atoms. The number of likely N-dealkylation sites (N-methyl/N-ethyl adjacent to an activating group) is 1. The van der Waals surface area contributed by atoms with Crippen molar-refractivity contribution >= 4 is 11.7 Å². The largest absolute Gasteiger partial charge is 0.496 e. The van der Waals surface area contributed by atoms with E-state index in [1.807, 2.05) is 20.0 Å². The van der Waals surface area contributed by atoms with Crippen LogP contribution in [0.4, 0.5) is 0 Å². The molecule has 1 saturated heterocycles. The maximum absolute atomic E-state index is 12.4. The van der Waals surface area contributed by atoms with E-state index in [0.717, 1.165) is 18.7 Å². The van der Waals surface area contributed by atoms with Crippen molar-refractivity contribution in [3.05, 3.63) is 29.3 Å². The Morgan fingerprint density at radius 3 is 2.40 bits per heavy atom. The van der Waals surface area contributed by atoms with E-state index in [1.54, 1.807) is 17.0 Å². The van der Waals surface area contributed by atoms with Crippen molar-refractivity contribution in [1.29, 1.82) is 0 Å². The van der Waals surface area contributed by atoms with E-state index < -0.39 is 11.7 Å². The number of ether oxygens (including phenoxy) is 1. The van der Waals surface area contributed by atoms with Gasteiger partial charge in [0.15, 0.2) is 0 Å². The lowest BCUT2D eigenvalue weighted by atomic mass is 10.1. The molecular formula is C15H20N2O3. The van der Waals surface area contributed by atoms with Crippen LogP contribution in [-0.4, -0.2) is 61.8 Å². The zero-order valence-electron chi connectivity index (χ0n) is 12.2. The quantitative estimate of drug-likeness (QED) is 0.609. The number of aryl methyl sites for hydroxylation is 1. The van der Waals surface area contributed by atoms with E-state index in [4.69, 9.17) is 4.74 Å². The SMILES string of the molecule is COc1ccc(C)cc1C(=O)C(=O)N1CCN(C)CC1. The van der Waals surface area contributed by atoms with Crippen LogP contribution in [0.25, 0.3) is 0 Å². The molecule has 0 atom stereocenters. The van der Waals surface area contributed by atoms with Gasteiger partial charge >= 0.3 is 0 Å². The third kappa shape index (κ3) is 2.99. The van der Waals surface area contributed by atoms with Gasteiger partial charge in [-0.3, -0.25) is 9.59 Å². The van der Waals surface area contributed by atoms with Crippen molar-refractivity contribution in [2.24, 2.45) is 0 Å².